The van der Waals surface area contributed by atoms with Gasteiger partial charge in [0.2, 0.25) is 0 Å². The molecule has 0 saturated heterocycles. The first-order chi connectivity index (χ1) is 12.7. The molecule has 0 unspecified atom stereocenters. The van der Waals surface area contributed by atoms with Crippen molar-refractivity contribution < 1.29 is 0 Å². The summed E-state index contributed by atoms with van der Waals surface area (Å²) in [5.41, 5.74) is 0.881. The molecule has 0 aliphatic heterocycles. The van der Waals surface area contributed by atoms with E-state index in [4.69, 9.17) is 0 Å². The molecule has 0 aromatic carbocycles. The van der Waals surface area contributed by atoms with E-state index in [0.29, 0.717) is 0 Å². The maximum Gasteiger partial charge on any atom is -0.00474 e. The molecule has 0 heterocycles. The molecule has 28 heavy (non-hydrogen) atoms. The zero-order valence-corrected chi connectivity index (χ0v) is 19.4. The third kappa shape index (κ3) is 7.03. The fourth-order valence-corrected chi connectivity index (χ4v) is 6.82. The summed E-state index contributed by atoms with van der Waals surface area (Å²) in [5.74, 6) is 4.68. The molecule has 0 radical (unpaired) electrons. The molecule has 0 aromatic rings. The zero-order valence-electron chi connectivity index (χ0n) is 19.4. The standard InChI is InChI=1S/C15H24.C6H15N.2C2H6.2CH4/c1-2-4-15(5-3-1)13-7-11-6-12(9-13)10-14(15)8-11;1-4-7(5-2)6-3;2*1-2;;/h11-14H,1-10H2;4-6H2,1-3H3;2*1-2H3;2*1H4. The third-order valence-electron chi connectivity index (χ3n) is 7.89. The van der Waals surface area contributed by atoms with E-state index in [1.165, 1.54) is 49.7 Å². The lowest BCUT2D eigenvalue weighted by molar-refractivity contribution is -0.126. The van der Waals surface area contributed by atoms with Crippen molar-refractivity contribution in [2.24, 2.45) is 29.1 Å². The number of nitrogens with zero attached hydrogens (tertiary/aromatic N) is 1. The normalized spacial score (nSPS) is 30.4. The molecule has 5 rings (SSSR count). The number of hydrogen-bond donors (Lipinski definition) is 0. The van der Waals surface area contributed by atoms with Crippen molar-refractivity contribution in [1.29, 1.82) is 0 Å². The first-order valence-electron chi connectivity index (χ1n) is 12.4. The van der Waals surface area contributed by atoms with Crippen LogP contribution in [0.2, 0.25) is 0 Å². The quantitative estimate of drug-likeness (QED) is 0.459. The first-order valence-corrected chi connectivity index (χ1v) is 12.4. The summed E-state index contributed by atoms with van der Waals surface area (Å²) < 4.78 is 0. The average Bonchev–Trinajstić information content (AvgIpc) is 2.71. The van der Waals surface area contributed by atoms with Gasteiger partial charge >= 0.3 is 0 Å². The Hall–Kier alpha value is -0.0400. The van der Waals surface area contributed by atoms with Crippen LogP contribution in [0.4, 0.5) is 0 Å². The molecule has 1 nitrogen and oxygen atoms in total. The second-order valence-electron chi connectivity index (χ2n) is 8.72. The maximum absolute atomic E-state index is 2.38. The molecule has 4 bridgehead atoms. The lowest BCUT2D eigenvalue weighted by atomic mass is 9.42. The second-order valence-corrected chi connectivity index (χ2v) is 8.72. The Balaban J connectivity index is 0. The second kappa shape index (κ2) is 15.8. The van der Waals surface area contributed by atoms with E-state index in [0.717, 1.165) is 5.41 Å². The molecule has 0 atom stereocenters. The van der Waals surface area contributed by atoms with Crippen molar-refractivity contribution in [3.05, 3.63) is 0 Å². The van der Waals surface area contributed by atoms with Gasteiger partial charge < -0.3 is 4.90 Å². The summed E-state index contributed by atoms with van der Waals surface area (Å²) in [5, 5.41) is 0. The Morgan fingerprint density at radius 2 is 0.964 bits per heavy atom. The monoisotopic (exact) mass is 397 g/mol. The van der Waals surface area contributed by atoms with E-state index >= 15 is 0 Å². The summed E-state index contributed by atoms with van der Waals surface area (Å²) in [6.45, 7) is 18.1. The van der Waals surface area contributed by atoms with Crippen LogP contribution in [-0.2, 0) is 0 Å². The van der Waals surface area contributed by atoms with Crippen LogP contribution in [-0.4, -0.2) is 24.5 Å². The average molecular weight is 398 g/mol. The Morgan fingerprint density at radius 1 is 0.607 bits per heavy atom. The molecular weight excluding hydrogens is 338 g/mol. The minimum absolute atomic E-state index is 0. The SMILES string of the molecule is C.C.C1CCC2(CC1)C1CC3CC(C1)CC2C3.CC.CC.CCN(CC)CC. The Labute approximate surface area is 181 Å². The molecule has 1 spiro atoms. The highest BCUT2D eigenvalue weighted by molar-refractivity contribution is 5.06. The summed E-state index contributed by atoms with van der Waals surface area (Å²) >= 11 is 0. The minimum Gasteiger partial charge on any atom is -0.304 e. The van der Waals surface area contributed by atoms with Crippen LogP contribution < -0.4 is 0 Å². The van der Waals surface area contributed by atoms with Gasteiger partial charge in [0.25, 0.3) is 0 Å². The van der Waals surface area contributed by atoms with E-state index in [1.807, 2.05) is 27.7 Å². The summed E-state index contributed by atoms with van der Waals surface area (Å²) in [6, 6.07) is 0. The highest BCUT2D eigenvalue weighted by Crippen LogP contribution is 2.66. The van der Waals surface area contributed by atoms with Gasteiger partial charge in [0.05, 0.1) is 0 Å². The van der Waals surface area contributed by atoms with Crippen molar-refractivity contribution in [1.82, 2.24) is 4.90 Å². The van der Waals surface area contributed by atoms with Crippen LogP contribution in [0.3, 0.4) is 0 Å². The Bertz CT molecular complexity index is 303. The van der Waals surface area contributed by atoms with Crippen LogP contribution in [0.25, 0.3) is 0 Å². The lowest BCUT2D eigenvalue weighted by Gasteiger charge is -2.63. The minimum atomic E-state index is 0. The number of hydrogen-bond acceptors (Lipinski definition) is 1. The zero-order chi connectivity index (χ0) is 19.6. The highest BCUT2D eigenvalue weighted by atomic mass is 15.1. The van der Waals surface area contributed by atoms with Crippen LogP contribution >= 0.6 is 0 Å². The molecule has 172 valence electrons. The highest BCUT2D eigenvalue weighted by Gasteiger charge is 2.56. The van der Waals surface area contributed by atoms with Crippen molar-refractivity contribution in [2.75, 3.05) is 19.6 Å². The topological polar surface area (TPSA) is 3.24 Å². The van der Waals surface area contributed by atoms with Crippen molar-refractivity contribution in [3.63, 3.8) is 0 Å². The largest absolute Gasteiger partial charge is 0.304 e. The molecule has 1 heteroatoms. The van der Waals surface area contributed by atoms with E-state index in [1.54, 1.807) is 57.8 Å². The molecule has 0 N–H and O–H groups in total. The molecule has 5 fully saturated rings. The van der Waals surface area contributed by atoms with Gasteiger partial charge in [-0.05, 0) is 93.7 Å². The van der Waals surface area contributed by atoms with Crippen LogP contribution in [0.15, 0.2) is 0 Å². The molecule has 5 saturated carbocycles. The van der Waals surface area contributed by atoms with Gasteiger partial charge in [-0.15, -0.1) is 0 Å². The molecule has 0 amide bonds. The Kier molecular flexibility index (Phi) is 17.0. The van der Waals surface area contributed by atoms with E-state index in [-0.39, 0.29) is 14.9 Å². The first kappa shape index (κ1) is 30.2. The van der Waals surface area contributed by atoms with Gasteiger partial charge in [-0.2, -0.15) is 0 Å². The van der Waals surface area contributed by atoms with Gasteiger partial charge in [-0.3, -0.25) is 0 Å². The van der Waals surface area contributed by atoms with E-state index < -0.39 is 0 Å². The Morgan fingerprint density at radius 3 is 1.25 bits per heavy atom. The van der Waals surface area contributed by atoms with Gasteiger partial charge in [0.1, 0.15) is 0 Å². The molecule has 5 aliphatic rings. The van der Waals surface area contributed by atoms with Crippen molar-refractivity contribution >= 4 is 0 Å². The van der Waals surface area contributed by atoms with Crippen molar-refractivity contribution in [3.8, 4) is 0 Å². The number of rotatable bonds is 3. The van der Waals surface area contributed by atoms with Crippen LogP contribution in [0.1, 0.15) is 128 Å². The fourth-order valence-electron chi connectivity index (χ4n) is 6.82. The molecular formula is C27H59N. The van der Waals surface area contributed by atoms with Gasteiger partial charge in [-0.1, -0.05) is 82.6 Å². The predicted octanol–water partition coefficient (Wildman–Crippen LogP) is 9.07. The van der Waals surface area contributed by atoms with Crippen LogP contribution in [0.5, 0.6) is 0 Å². The van der Waals surface area contributed by atoms with Gasteiger partial charge in [0.15, 0.2) is 0 Å². The summed E-state index contributed by atoms with van der Waals surface area (Å²) in [7, 11) is 0. The van der Waals surface area contributed by atoms with Crippen LogP contribution in [0, 0.1) is 29.1 Å². The molecule has 0 aromatic heterocycles. The predicted molar refractivity (Wildman–Crippen MR) is 132 cm³/mol. The lowest BCUT2D eigenvalue weighted by Crippen LogP contribution is -2.53. The molecule has 5 aliphatic carbocycles. The van der Waals surface area contributed by atoms with Gasteiger partial charge in [0, 0.05) is 0 Å². The maximum atomic E-state index is 2.38. The van der Waals surface area contributed by atoms with E-state index in [2.05, 4.69) is 25.7 Å². The van der Waals surface area contributed by atoms with Gasteiger partial charge in [-0.25, -0.2) is 0 Å². The van der Waals surface area contributed by atoms with E-state index in [9.17, 15) is 0 Å². The summed E-state index contributed by atoms with van der Waals surface area (Å²) in [4.78, 5) is 2.38. The summed E-state index contributed by atoms with van der Waals surface area (Å²) in [6.07, 6.45) is 16.0. The third-order valence-corrected chi connectivity index (χ3v) is 7.89. The van der Waals surface area contributed by atoms with Crippen molar-refractivity contribution in [2.45, 2.75) is 128 Å². The fraction of sp³-hybridized carbons (Fsp3) is 1.00. The smallest absolute Gasteiger partial charge is 0.00474 e.